The van der Waals surface area contributed by atoms with E-state index in [-0.39, 0.29) is 13.2 Å². The van der Waals surface area contributed by atoms with E-state index in [1.807, 2.05) is 18.2 Å². The van der Waals surface area contributed by atoms with E-state index in [4.69, 9.17) is 30.9 Å². The summed E-state index contributed by atoms with van der Waals surface area (Å²) in [6, 6.07) is 10.8. The van der Waals surface area contributed by atoms with Crippen molar-refractivity contribution in [3.05, 3.63) is 59.2 Å². The molecule has 2 aromatic carbocycles. The lowest BCUT2D eigenvalue weighted by Gasteiger charge is -2.14. The highest BCUT2D eigenvalue weighted by Gasteiger charge is 2.08. The van der Waals surface area contributed by atoms with Gasteiger partial charge in [0.2, 0.25) is 0 Å². The molecule has 0 bridgehead atoms. The number of rotatable bonds is 14. The number of carboxylic acids is 1. The first kappa shape index (κ1) is 24.6. The fraction of sp³-hybridized carbons (Fsp3) is 0.375. The minimum absolute atomic E-state index is 0.0894. The molecule has 0 saturated carbocycles. The largest absolute Gasteiger partial charge is 0.494 e. The lowest BCUT2D eigenvalue weighted by Crippen LogP contribution is -2.02. The lowest BCUT2D eigenvalue weighted by atomic mass is 10.1. The summed E-state index contributed by atoms with van der Waals surface area (Å²) in [6.07, 6.45) is 6.68. The molecule has 31 heavy (non-hydrogen) atoms. The van der Waals surface area contributed by atoms with Crippen molar-refractivity contribution in [1.82, 2.24) is 0 Å². The lowest BCUT2D eigenvalue weighted by molar-refractivity contribution is -0.131. The standard InChI is InChI=1S/C24H29ClO6/c1-29-23-15-18(7-9-24(27)28)6-8-22(23)31-17-20-12-19(16-26)13-21(14-20)30-11-5-3-2-4-10-25/h6-9,12-15,26H,2-5,10-11,16-17H2,1H3,(H,27,28)/b9-7+. The molecule has 0 aromatic heterocycles. The van der Waals surface area contributed by atoms with Crippen molar-refractivity contribution in [3.63, 3.8) is 0 Å². The van der Waals surface area contributed by atoms with Crippen molar-refractivity contribution in [2.75, 3.05) is 19.6 Å². The predicted molar refractivity (Wildman–Crippen MR) is 121 cm³/mol. The van der Waals surface area contributed by atoms with Gasteiger partial charge in [0.1, 0.15) is 12.4 Å². The van der Waals surface area contributed by atoms with Crippen molar-refractivity contribution < 1.29 is 29.2 Å². The minimum atomic E-state index is -1.02. The summed E-state index contributed by atoms with van der Waals surface area (Å²) in [4.78, 5) is 10.7. The molecule has 0 aliphatic heterocycles. The smallest absolute Gasteiger partial charge is 0.328 e. The van der Waals surface area contributed by atoms with Gasteiger partial charge < -0.3 is 24.4 Å². The number of carbonyl (C=O) groups is 1. The van der Waals surface area contributed by atoms with Gasteiger partial charge >= 0.3 is 5.97 Å². The first-order chi connectivity index (χ1) is 15.0. The number of methoxy groups -OCH3 is 1. The van der Waals surface area contributed by atoms with Crippen molar-refractivity contribution >= 4 is 23.6 Å². The summed E-state index contributed by atoms with van der Waals surface area (Å²) >= 11 is 5.69. The van der Waals surface area contributed by atoms with Crippen LogP contribution in [0.25, 0.3) is 6.08 Å². The van der Waals surface area contributed by atoms with Crippen molar-refractivity contribution in [3.8, 4) is 17.2 Å². The van der Waals surface area contributed by atoms with E-state index >= 15 is 0 Å². The Bertz CT molecular complexity index is 865. The van der Waals surface area contributed by atoms with Gasteiger partial charge in [0.25, 0.3) is 0 Å². The zero-order valence-electron chi connectivity index (χ0n) is 17.7. The number of aliphatic carboxylic acids is 1. The summed E-state index contributed by atoms with van der Waals surface area (Å²) in [5, 5.41) is 18.3. The summed E-state index contributed by atoms with van der Waals surface area (Å²) < 4.78 is 17.1. The molecule has 2 aromatic rings. The van der Waals surface area contributed by atoms with Crippen LogP contribution in [0.15, 0.2) is 42.5 Å². The normalized spacial score (nSPS) is 10.9. The Labute approximate surface area is 188 Å². The molecule has 7 heteroatoms. The SMILES string of the molecule is COc1cc(/C=C/C(=O)O)ccc1OCc1cc(CO)cc(OCCCCCCCl)c1. The number of unbranched alkanes of at least 4 members (excludes halogenated alkanes) is 3. The van der Waals surface area contributed by atoms with Crippen LogP contribution < -0.4 is 14.2 Å². The molecule has 2 N–H and O–H groups in total. The zero-order chi connectivity index (χ0) is 22.5. The molecule has 0 atom stereocenters. The van der Waals surface area contributed by atoms with Crippen LogP contribution >= 0.6 is 11.6 Å². The second-order valence-corrected chi connectivity index (χ2v) is 7.34. The van der Waals surface area contributed by atoms with Crippen LogP contribution in [0.3, 0.4) is 0 Å². The molecule has 0 spiro atoms. The van der Waals surface area contributed by atoms with E-state index in [0.717, 1.165) is 42.9 Å². The Kier molecular flexibility index (Phi) is 10.8. The molecule has 2 rings (SSSR count). The van der Waals surface area contributed by atoms with Gasteiger partial charge in [-0.1, -0.05) is 18.9 Å². The summed E-state index contributed by atoms with van der Waals surface area (Å²) in [7, 11) is 1.53. The molecule has 168 valence electrons. The number of hydrogen-bond acceptors (Lipinski definition) is 5. The number of ether oxygens (including phenoxy) is 3. The molecule has 0 unspecified atom stereocenters. The Morgan fingerprint density at radius 1 is 1.00 bits per heavy atom. The fourth-order valence-electron chi connectivity index (χ4n) is 2.96. The van der Waals surface area contributed by atoms with Gasteiger partial charge in [-0.15, -0.1) is 11.6 Å². The first-order valence-electron chi connectivity index (χ1n) is 10.2. The molecule has 6 nitrogen and oxygen atoms in total. The third-order valence-electron chi connectivity index (χ3n) is 4.51. The highest BCUT2D eigenvalue weighted by Crippen LogP contribution is 2.30. The molecule has 0 aliphatic carbocycles. The third-order valence-corrected chi connectivity index (χ3v) is 4.77. The monoisotopic (exact) mass is 448 g/mol. The zero-order valence-corrected chi connectivity index (χ0v) is 18.4. The highest BCUT2D eigenvalue weighted by atomic mass is 35.5. The van der Waals surface area contributed by atoms with E-state index < -0.39 is 5.97 Å². The molecular weight excluding hydrogens is 420 g/mol. The minimum Gasteiger partial charge on any atom is -0.494 e. The van der Waals surface area contributed by atoms with Gasteiger partial charge in [0, 0.05) is 12.0 Å². The Hall–Kier alpha value is -2.70. The maximum atomic E-state index is 10.7. The summed E-state index contributed by atoms with van der Waals surface area (Å²) in [5.74, 6) is 1.40. The van der Waals surface area contributed by atoms with Gasteiger partial charge in [0.05, 0.1) is 20.3 Å². The quantitative estimate of drug-likeness (QED) is 0.239. The van der Waals surface area contributed by atoms with Crippen LogP contribution in [0.2, 0.25) is 0 Å². The van der Waals surface area contributed by atoms with Crippen LogP contribution in [0.5, 0.6) is 17.2 Å². The Morgan fingerprint density at radius 3 is 2.48 bits per heavy atom. The van der Waals surface area contributed by atoms with Crippen molar-refractivity contribution in [2.45, 2.75) is 38.9 Å². The molecule has 0 amide bonds. The average Bonchev–Trinajstić information content (AvgIpc) is 2.78. The summed E-state index contributed by atoms with van der Waals surface area (Å²) in [5.41, 5.74) is 2.30. The number of alkyl halides is 1. The van der Waals surface area contributed by atoms with Gasteiger partial charge in [-0.3, -0.25) is 0 Å². The van der Waals surface area contributed by atoms with Crippen LogP contribution in [0, 0.1) is 0 Å². The average molecular weight is 449 g/mol. The Balaban J connectivity index is 2.01. The van der Waals surface area contributed by atoms with E-state index in [9.17, 15) is 9.90 Å². The van der Waals surface area contributed by atoms with Crippen LogP contribution in [-0.4, -0.2) is 35.8 Å². The van der Waals surface area contributed by atoms with Gasteiger partial charge in [-0.2, -0.15) is 0 Å². The number of hydrogen-bond donors (Lipinski definition) is 2. The topological polar surface area (TPSA) is 85.2 Å². The van der Waals surface area contributed by atoms with E-state index in [1.54, 1.807) is 18.2 Å². The van der Waals surface area contributed by atoms with E-state index in [1.165, 1.54) is 13.2 Å². The highest BCUT2D eigenvalue weighted by molar-refractivity contribution is 6.17. The molecule has 0 fully saturated rings. The van der Waals surface area contributed by atoms with Gasteiger partial charge in [-0.25, -0.2) is 4.79 Å². The van der Waals surface area contributed by atoms with Crippen LogP contribution in [0.1, 0.15) is 42.4 Å². The van der Waals surface area contributed by atoms with E-state index in [0.29, 0.717) is 35.3 Å². The van der Waals surface area contributed by atoms with Gasteiger partial charge in [0.15, 0.2) is 11.5 Å². The number of benzene rings is 2. The maximum absolute atomic E-state index is 10.7. The first-order valence-corrected chi connectivity index (χ1v) is 10.7. The number of halogens is 1. The third kappa shape index (κ3) is 8.90. The maximum Gasteiger partial charge on any atom is 0.328 e. The molecule has 0 radical (unpaired) electrons. The number of aliphatic hydroxyl groups excluding tert-OH is 1. The van der Waals surface area contributed by atoms with E-state index in [2.05, 4.69) is 0 Å². The molecule has 0 heterocycles. The van der Waals surface area contributed by atoms with Crippen LogP contribution in [0.4, 0.5) is 0 Å². The molecule has 0 aliphatic rings. The predicted octanol–water partition coefficient (Wildman–Crippen LogP) is 5.04. The number of carboxylic acid groups (broad SMARTS) is 1. The van der Waals surface area contributed by atoms with Gasteiger partial charge in [-0.05, 0) is 65.9 Å². The second-order valence-electron chi connectivity index (χ2n) is 6.97. The summed E-state index contributed by atoms with van der Waals surface area (Å²) in [6.45, 7) is 0.783. The molecule has 0 saturated heterocycles. The fourth-order valence-corrected chi connectivity index (χ4v) is 3.15. The van der Waals surface area contributed by atoms with Crippen molar-refractivity contribution in [1.29, 1.82) is 0 Å². The Morgan fingerprint density at radius 2 is 1.77 bits per heavy atom. The molecular formula is C24H29ClO6. The van der Waals surface area contributed by atoms with Crippen LogP contribution in [-0.2, 0) is 18.0 Å². The van der Waals surface area contributed by atoms with Crippen molar-refractivity contribution in [2.24, 2.45) is 0 Å². The second kappa shape index (κ2) is 13.6. The number of aliphatic hydroxyl groups is 1.